The largest absolute Gasteiger partial charge is 0.388 e. The molecule has 3 aromatic rings. The third-order valence-electron chi connectivity index (χ3n) is 3.15. The molecular weight excluding hydrogens is 297 g/mol. The van der Waals surface area contributed by atoms with Crippen molar-refractivity contribution in [2.24, 2.45) is 0 Å². The van der Waals surface area contributed by atoms with Crippen LogP contribution >= 0.6 is 22.9 Å². The molecule has 0 amide bonds. The van der Waals surface area contributed by atoms with E-state index < -0.39 is 11.9 Å². The molecule has 2 heterocycles. The molecule has 0 aliphatic carbocycles. The number of rotatable bonds is 3. The molecule has 0 spiro atoms. The van der Waals surface area contributed by atoms with Crippen LogP contribution in [0.4, 0.5) is 4.39 Å². The molecule has 0 saturated heterocycles. The van der Waals surface area contributed by atoms with Crippen LogP contribution in [0, 0.1) is 5.82 Å². The molecule has 2 nitrogen and oxygen atoms in total. The lowest BCUT2D eigenvalue weighted by Gasteiger charge is -2.12. The zero-order valence-corrected chi connectivity index (χ0v) is 12.0. The van der Waals surface area contributed by atoms with E-state index in [4.69, 9.17) is 11.6 Å². The van der Waals surface area contributed by atoms with Gasteiger partial charge in [0.1, 0.15) is 5.82 Å². The number of nitrogens with zero attached hydrogens (tertiary/aromatic N) is 1. The molecule has 0 saturated carbocycles. The van der Waals surface area contributed by atoms with Gasteiger partial charge in [-0.3, -0.25) is 4.98 Å². The number of thiophene rings is 1. The summed E-state index contributed by atoms with van der Waals surface area (Å²) in [6.07, 6.45) is 1.15. The third kappa shape index (κ3) is 2.54. The van der Waals surface area contributed by atoms with Gasteiger partial charge >= 0.3 is 0 Å². The van der Waals surface area contributed by atoms with Crippen LogP contribution < -0.4 is 0 Å². The summed E-state index contributed by atoms with van der Waals surface area (Å²) in [6.45, 7) is 0. The summed E-state index contributed by atoms with van der Waals surface area (Å²) in [7, 11) is 0. The molecular formula is C15H11ClFNOS. The lowest BCUT2D eigenvalue weighted by atomic mass is 10.0. The number of pyridine rings is 1. The second-order valence-electron chi connectivity index (χ2n) is 4.51. The van der Waals surface area contributed by atoms with E-state index in [1.807, 2.05) is 17.5 Å². The van der Waals surface area contributed by atoms with Gasteiger partial charge < -0.3 is 5.11 Å². The van der Waals surface area contributed by atoms with Crippen LogP contribution in [0.2, 0.25) is 5.02 Å². The number of aliphatic hydroxyl groups is 1. The first kappa shape index (κ1) is 13.5. The summed E-state index contributed by atoms with van der Waals surface area (Å²) in [5, 5.41) is 12.3. The van der Waals surface area contributed by atoms with Crippen molar-refractivity contribution in [2.45, 2.75) is 12.5 Å². The first-order chi connectivity index (χ1) is 9.65. The molecule has 3 rings (SSSR count). The number of hydrogen-bond acceptors (Lipinski definition) is 3. The first-order valence-electron chi connectivity index (χ1n) is 6.09. The lowest BCUT2D eigenvalue weighted by Crippen LogP contribution is -2.03. The van der Waals surface area contributed by atoms with Gasteiger partial charge in [-0.05, 0) is 29.1 Å². The van der Waals surface area contributed by atoms with E-state index in [0.717, 1.165) is 10.2 Å². The summed E-state index contributed by atoms with van der Waals surface area (Å²) < 4.78 is 14.4. The first-order valence-corrected chi connectivity index (χ1v) is 7.35. The smallest absolute Gasteiger partial charge is 0.142 e. The highest BCUT2D eigenvalue weighted by atomic mass is 35.5. The molecule has 1 N–H and O–H groups in total. The maximum absolute atomic E-state index is 13.4. The average Bonchev–Trinajstić information content (AvgIpc) is 2.91. The Hall–Kier alpha value is -1.49. The minimum Gasteiger partial charge on any atom is -0.388 e. The maximum atomic E-state index is 13.4. The van der Waals surface area contributed by atoms with Gasteiger partial charge in [-0.25, -0.2) is 4.39 Å². The Morgan fingerprint density at radius 1 is 1.35 bits per heavy atom. The predicted molar refractivity (Wildman–Crippen MR) is 79.7 cm³/mol. The third-order valence-corrected chi connectivity index (χ3v) is 4.43. The summed E-state index contributed by atoms with van der Waals surface area (Å²) in [6, 6.07) is 8.44. The van der Waals surface area contributed by atoms with Crippen LogP contribution in [0.3, 0.4) is 0 Å². The fraction of sp³-hybridized carbons (Fsp3) is 0.133. The Kier molecular flexibility index (Phi) is 3.70. The molecule has 0 radical (unpaired) electrons. The number of aromatic nitrogens is 1. The van der Waals surface area contributed by atoms with Crippen LogP contribution in [-0.4, -0.2) is 10.1 Å². The quantitative estimate of drug-likeness (QED) is 0.779. The summed E-state index contributed by atoms with van der Waals surface area (Å²) in [4.78, 5) is 4.29. The fourth-order valence-electron chi connectivity index (χ4n) is 2.08. The van der Waals surface area contributed by atoms with Gasteiger partial charge in [0, 0.05) is 18.2 Å². The van der Waals surface area contributed by atoms with Crippen molar-refractivity contribution in [3.63, 3.8) is 0 Å². The second-order valence-corrected chi connectivity index (χ2v) is 5.83. The molecule has 0 bridgehead atoms. The van der Waals surface area contributed by atoms with E-state index in [-0.39, 0.29) is 11.4 Å². The molecule has 0 aliphatic rings. The van der Waals surface area contributed by atoms with Crippen LogP contribution in [0.15, 0.2) is 41.9 Å². The van der Waals surface area contributed by atoms with Crippen molar-refractivity contribution in [1.29, 1.82) is 0 Å². The van der Waals surface area contributed by atoms with Gasteiger partial charge in [0.05, 0.1) is 21.3 Å². The molecule has 102 valence electrons. The van der Waals surface area contributed by atoms with Gasteiger partial charge in [0.15, 0.2) is 0 Å². The minimum atomic E-state index is -0.756. The van der Waals surface area contributed by atoms with Gasteiger partial charge in [0.2, 0.25) is 0 Å². The van der Waals surface area contributed by atoms with Gasteiger partial charge in [0.25, 0.3) is 0 Å². The van der Waals surface area contributed by atoms with Crippen molar-refractivity contribution >= 4 is 33.2 Å². The fourth-order valence-corrected chi connectivity index (χ4v) is 3.07. The van der Waals surface area contributed by atoms with Crippen LogP contribution in [-0.2, 0) is 6.42 Å². The van der Waals surface area contributed by atoms with Crippen molar-refractivity contribution in [3.8, 4) is 0 Å². The lowest BCUT2D eigenvalue weighted by molar-refractivity contribution is 0.178. The SMILES string of the molecule is OC(Cc1cccc(F)c1Cl)c1cnc2ccsc2c1. The topological polar surface area (TPSA) is 33.1 Å². The molecule has 5 heteroatoms. The maximum Gasteiger partial charge on any atom is 0.142 e. The van der Waals surface area contributed by atoms with E-state index in [1.54, 1.807) is 29.7 Å². The highest BCUT2D eigenvalue weighted by Gasteiger charge is 2.14. The summed E-state index contributed by atoms with van der Waals surface area (Å²) in [5.41, 5.74) is 2.21. The zero-order valence-electron chi connectivity index (χ0n) is 10.4. The molecule has 20 heavy (non-hydrogen) atoms. The van der Waals surface area contributed by atoms with Crippen molar-refractivity contribution in [1.82, 2.24) is 4.98 Å². The average molecular weight is 308 g/mol. The van der Waals surface area contributed by atoms with Crippen LogP contribution in [0.5, 0.6) is 0 Å². The molecule has 1 unspecified atom stereocenters. The van der Waals surface area contributed by atoms with Crippen molar-refractivity contribution in [2.75, 3.05) is 0 Å². The van der Waals surface area contributed by atoms with Crippen molar-refractivity contribution < 1.29 is 9.50 Å². The minimum absolute atomic E-state index is 0.0664. The Balaban J connectivity index is 1.88. The predicted octanol–water partition coefficient (Wildman–Crippen LogP) is 4.36. The highest BCUT2D eigenvalue weighted by Crippen LogP contribution is 2.27. The van der Waals surface area contributed by atoms with Gasteiger partial charge in [-0.2, -0.15) is 0 Å². The van der Waals surface area contributed by atoms with Crippen LogP contribution in [0.1, 0.15) is 17.2 Å². The highest BCUT2D eigenvalue weighted by molar-refractivity contribution is 7.17. The van der Waals surface area contributed by atoms with Crippen molar-refractivity contribution in [3.05, 3.63) is 63.9 Å². The Bertz CT molecular complexity index is 758. The number of hydrogen-bond donors (Lipinski definition) is 1. The molecule has 0 aliphatic heterocycles. The standard InChI is InChI=1S/C15H11ClFNOS/c16-15-9(2-1-3-11(15)17)6-13(19)10-7-14-12(18-8-10)4-5-20-14/h1-5,7-8,13,19H,6H2. The van der Waals surface area contributed by atoms with E-state index in [0.29, 0.717) is 11.1 Å². The van der Waals surface area contributed by atoms with Crippen LogP contribution in [0.25, 0.3) is 10.2 Å². The Labute approximate surface area is 124 Å². The molecule has 1 aromatic carbocycles. The second kappa shape index (κ2) is 5.48. The summed E-state index contributed by atoms with van der Waals surface area (Å²) >= 11 is 7.47. The van der Waals surface area contributed by atoms with Gasteiger partial charge in [-0.15, -0.1) is 11.3 Å². The molecule has 1 atom stereocenters. The number of benzene rings is 1. The number of aliphatic hydroxyl groups excluding tert-OH is 1. The van der Waals surface area contributed by atoms with E-state index in [2.05, 4.69) is 4.98 Å². The van der Waals surface area contributed by atoms with E-state index >= 15 is 0 Å². The van der Waals surface area contributed by atoms with E-state index in [9.17, 15) is 9.50 Å². The van der Waals surface area contributed by atoms with Gasteiger partial charge in [-0.1, -0.05) is 23.7 Å². The number of fused-ring (bicyclic) bond motifs is 1. The normalized spacial score (nSPS) is 12.8. The van der Waals surface area contributed by atoms with E-state index in [1.165, 1.54) is 6.07 Å². The monoisotopic (exact) mass is 307 g/mol. The molecule has 2 aromatic heterocycles. The Morgan fingerprint density at radius 3 is 3.05 bits per heavy atom. The summed E-state index contributed by atoms with van der Waals surface area (Å²) in [5.74, 6) is -0.469. The molecule has 0 fully saturated rings. The Morgan fingerprint density at radius 2 is 2.20 bits per heavy atom. The number of halogens is 2. The zero-order chi connectivity index (χ0) is 14.1.